The lowest BCUT2D eigenvalue weighted by atomic mass is 9.54. The molecule has 4 bridgehead atoms. The average molecular weight is 276 g/mol. The molecule has 1 N–H and O–H groups in total. The van der Waals surface area contributed by atoms with E-state index in [2.05, 4.69) is 17.3 Å². The summed E-state index contributed by atoms with van der Waals surface area (Å²) in [6.45, 7) is 0.876. The van der Waals surface area contributed by atoms with Gasteiger partial charge in [-0.3, -0.25) is 4.79 Å². The van der Waals surface area contributed by atoms with Crippen LogP contribution < -0.4 is 5.32 Å². The topological polar surface area (TPSA) is 32.3 Å². The first-order chi connectivity index (χ1) is 9.70. The first-order valence-electron chi connectivity index (χ1n) is 8.69. The lowest BCUT2D eigenvalue weighted by Gasteiger charge is -2.56. The van der Waals surface area contributed by atoms with Crippen LogP contribution in [0, 0.1) is 23.7 Å². The van der Waals surface area contributed by atoms with Crippen LogP contribution in [0.15, 0.2) is 0 Å². The minimum atomic E-state index is 0.371. The van der Waals surface area contributed by atoms with Crippen LogP contribution >= 0.6 is 0 Å². The van der Waals surface area contributed by atoms with Crippen LogP contribution in [0.3, 0.4) is 0 Å². The highest BCUT2D eigenvalue weighted by atomic mass is 16.2. The van der Waals surface area contributed by atoms with Crippen LogP contribution in [-0.2, 0) is 4.79 Å². The first-order valence-corrected chi connectivity index (χ1v) is 8.69. The lowest BCUT2D eigenvalue weighted by Crippen LogP contribution is -2.56. The van der Waals surface area contributed by atoms with Gasteiger partial charge in [-0.1, -0.05) is 0 Å². The monoisotopic (exact) mass is 276 g/mol. The third-order valence-corrected chi connectivity index (χ3v) is 6.37. The summed E-state index contributed by atoms with van der Waals surface area (Å²) in [6, 6.07) is 1.28. The molecule has 20 heavy (non-hydrogen) atoms. The molecule has 0 unspecified atom stereocenters. The summed E-state index contributed by atoms with van der Waals surface area (Å²) >= 11 is 0. The van der Waals surface area contributed by atoms with Crippen molar-refractivity contribution in [3.8, 4) is 0 Å². The van der Waals surface area contributed by atoms with Crippen LogP contribution in [0.5, 0.6) is 0 Å². The summed E-state index contributed by atoms with van der Waals surface area (Å²) in [5, 5.41) is 3.46. The van der Waals surface area contributed by atoms with E-state index in [-0.39, 0.29) is 0 Å². The van der Waals surface area contributed by atoms with Crippen molar-refractivity contribution in [1.29, 1.82) is 0 Å². The molecular weight excluding hydrogens is 248 g/mol. The molecule has 0 aliphatic heterocycles. The smallest absolute Gasteiger partial charge is 0.223 e. The van der Waals surface area contributed by atoms with Gasteiger partial charge in [-0.05, 0) is 68.6 Å². The summed E-state index contributed by atoms with van der Waals surface area (Å²) in [6.07, 6.45) is 10.4. The van der Waals surface area contributed by atoms with Crippen LogP contribution in [0.4, 0.5) is 0 Å². The number of hydrogen-bond acceptors (Lipinski definition) is 2. The Morgan fingerprint density at radius 3 is 2.20 bits per heavy atom. The number of rotatable bonds is 5. The van der Waals surface area contributed by atoms with Crippen molar-refractivity contribution in [3.05, 3.63) is 0 Å². The number of nitrogens with one attached hydrogen (secondary N) is 1. The van der Waals surface area contributed by atoms with E-state index in [1.807, 2.05) is 0 Å². The highest BCUT2D eigenvalue weighted by Gasteiger charge is 2.50. The van der Waals surface area contributed by atoms with E-state index >= 15 is 0 Å². The van der Waals surface area contributed by atoms with Crippen molar-refractivity contribution in [2.24, 2.45) is 23.7 Å². The molecule has 3 nitrogen and oxygen atoms in total. The second kappa shape index (κ2) is 5.01. The van der Waals surface area contributed by atoms with E-state index in [0.29, 0.717) is 24.4 Å². The zero-order chi connectivity index (χ0) is 13.7. The van der Waals surface area contributed by atoms with Gasteiger partial charge in [-0.2, -0.15) is 0 Å². The van der Waals surface area contributed by atoms with Gasteiger partial charge in [0.05, 0.1) is 0 Å². The van der Waals surface area contributed by atoms with Gasteiger partial charge in [-0.15, -0.1) is 0 Å². The molecule has 0 spiro atoms. The van der Waals surface area contributed by atoms with Crippen molar-refractivity contribution >= 4 is 5.91 Å². The molecule has 5 saturated carbocycles. The molecule has 0 saturated heterocycles. The van der Waals surface area contributed by atoms with Gasteiger partial charge in [0.15, 0.2) is 0 Å². The van der Waals surface area contributed by atoms with Crippen molar-refractivity contribution < 1.29 is 4.79 Å². The van der Waals surface area contributed by atoms with Gasteiger partial charge >= 0.3 is 0 Å². The summed E-state index contributed by atoms with van der Waals surface area (Å²) in [7, 11) is 2.08. The Hall–Kier alpha value is -0.570. The molecule has 1 amide bonds. The molecule has 0 aromatic rings. The van der Waals surface area contributed by atoms with E-state index in [1.54, 1.807) is 0 Å². The van der Waals surface area contributed by atoms with Crippen LogP contribution in [0.25, 0.3) is 0 Å². The largest absolute Gasteiger partial charge is 0.342 e. The third-order valence-electron chi connectivity index (χ3n) is 6.37. The Morgan fingerprint density at radius 1 is 1.05 bits per heavy atom. The zero-order valence-corrected chi connectivity index (χ0v) is 12.7. The van der Waals surface area contributed by atoms with Crippen molar-refractivity contribution in [3.63, 3.8) is 0 Å². The predicted molar refractivity (Wildman–Crippen MR) is 79.2 cm³/mol. The zero-order valence-electron chi connectivity index (χ0n) is 12.7. The highest BCUT2D eigenvalue weighted by molar-refractivity contribution is 5.76. The summed E-state index contributed by atoms with van der Waals surface area (Å²) < 4.78 is 0. The Balaban J connectivity index is 1.35. The number of carbonyl (C=O) groups is 1. The van der Waals surface area contributed by atoms with E-state index in [9.17, 15) is 4.79 Å². The van der Waals surface area contributed by atoms with Crippen LogP contribution in [-0.4, -0.2) is 36.5 Å². The molecule has 5 rings (SSSR count). The fourth-order valence-corrected chi connectivity index (χ4v) is 5.54. The lowest BCUT2D eigenvalue weighted by molar-refractivity contribution is -0.141. The van der Waals surface area contributed by atoms with E-state index in [1.165, 1.54) is 44.9 Å². The molecule has 5 aliphatic carbocycles. The van der Waals surface area contributed by atoms with Gasteiger partial charge in [0.25, 0.3) is 0 Å². The Kier molecular flexibility index (Phi) is 3.29. The summed E-state index contributed by atoms with van der Waals surface area (Å²) in [4.78, 5) is 14.6. The Morgan fingerprint density at radius 2 is 1.65 bits per heavy atom. The third kappa shape index (κ3) is 2.38. The Labute approximate surface area is 122 Å². The highest BCUT2D eigenvalue weighted by Crippen LogP contribution is 2.54. The standard InChI is InChI=1S/C17H28N2O/c1-19(16(20)4-5-18-15-2-3-15)17-13-7-11-6-12(9-13)10-14(17)8-11/h11-15,17-18H,2-10H2,1H3. The van der Waals surface area contributed by atoms with Gasteiger partial charge in [0, 0.05) is 32.1 Å². The normalized spacial score (nSPS) is 42.0. The van der Waals surface area contributed by atoms with E-state index in [0.717, 1.165) is 30.2 Å². The summed E-state index contributed by atoms with van der Waals surface area (Å²) in [5.41, 5.74) is 0. The van der Waals surface area contributed by atoms with Gasteiger partial charge in [-0.25, -0.2) is 0 Å². The van der Waals surface area contributed by atoms with Gasteiger partial charge in [0.2, 0.25) is 5.91 Å². The number of hydrogen-bond donors (Lipinski definition) is 1. The number of nitrogens with zero attached hydrogens (tertiary/aromatic N) is 1. The molecule has 5 aliphatic rings. The molecule has 3 heteroatoms. The minimum absolute atomic E-state index is 0.371. The van der Waals surface area contributed by atoms with Gasteiger partial charge < -0.3 is 10.2 Å². The SMILES string of the molecule is CN(C(=O)CCNC1CC1)C1C2CC3CC(C2)CC1C3. The fraction of sp³-hybridized carbons (Fsp3) is 0.941. The number of carbonyl (C=O) groups excluding carboxylic acids is 1. The van der Waals surface area contributed by atoms with Crippen LogP contribution in [0.1, 0.15) is 51.4 Å². The quantitative estimate of drug-likeness (QED) is 0.836. The van der Waals surface area contributed by atoms with Crippen molar-refractivity contribution in [2.45, 2.75) is 63.5 Å². The molecule has 5 fully saturated rings. The maximum atomic E-state index is 12.5. The second-order valence-electron chi connectivity index (χ2n) is 7.90. The molecule has 0 aromatic heterocycles. The van der Waals surface area contributed by atoms with Crippen molar-refractivity contribution in [1.82, 2.24) is 10.2 Å². The average Bonchev–Trinajstić information content (AvgIpc) is 3.21. The maximum absolute atomic E-state index is 12.5. The second-order valence-corrected chi connectivity index (χ2v) is 7.90. The van der Waals surface area contributed by atoms with Gasteiger partial charge in [0.1, 0.15) is 0 Å². The minimum Gasteiger partial charge on any atom is -0.342 e. The predicted octanol–water partition coefficient (Wildman–Crippen LogP) is 2.41. The van der Waals surface area contributed by atoms with E-state index < -0.39 is 0 Å². The molecule has 0 aromatic carbocycles. The molecule has 0 heterocycles. The summed E-state index contributed by atoms with van der Waals surface area (Å²) in [5.74, 6) is 3.99. The first kappa shape index (κ1) is 13.1. The molecule has 0 atom stereocenters. The molecule has 0 radical (unpaired) electrons. The number of amides is 1. The maximum Gasteiger partial charge on any atom is 0.223 e. The molecule has 112 valence electrons. The van der Waals surface area contributed by atoms with Crippen molar-refractivity contribution in [2.75, 3.05) is 13.6 Å². The Bertz CT molecular complexity index is 362. The van der Waals surface area contributed by atoms with E-state index in [4.69, 9.17) is 0 Å². The molecular formula is C17H28N2O. The van der Waals surface area contributed by atoms with Crippen LogP contribution in [0.2, 0.25) is 0 Å². The fourth-order valence-electron chi connectivity index (χ4n) is 5.54.